The summed E-state index contributed by atoms with van der Waals surface area (Å²) in [4.78, 5) is 13.3. The fourth-order valence-electron chi connectivity index (χ4n) is 1.57. The molecule has 0 radical (unpaired) electrons. The zero-order valence-electron chi connectivity index (χ0n) is 12.9. The van der Waals surface area contributed by atoms with Gasteiger partial charge in [0, 0.05) is 16.7 Å². The van der Waals surface area contributed by atoms with Gasteiger partial charge in [0.25, 0.3) is 5.91 Å². The van der Waals surface area contributed by atoms with Crippen LogP contribution in [0.15, 0.2) is 29.2 Å². The predicted octanol–water partition coefficient (Wildman–Crippen LogP) is 3.32. The molecule has 1 aromatic carbocycles. The summed E-state index contributed by atoms with van der Waals surface area (Å²) in [6.45, 7) is 10.1. The van der Waals surface area contributed by atoms with E-state index in [9.17, 15) is 9.90 Å². The first-order valence-electron chi connectivity index (χ1n) is 7.00. The van der Waals surface area contributed by atoms with Gasteiger partial charge in [-0.1, -0.05) is 39.8 Å². The topological polar surface area (TPSA) is 49.3 Å². The quantitative estimate of drug-likeness (QED) is 0.792. The van der Waals surface area contributed by atoms with Crippen molar-refractivity contribution < 1.29 is 9.90 Å². The Bertz CT molecular complexity index is 456. The molecular weight excluding hydrogens is 270 g/mol. The van der Waals surface area contributed by atoms with Crippen molar-refractivity contribution in [3.63, 3.8) is 0 Å². The van der Waals surface area contributed by atoms with E-state index in [2.05, 4.69) is 19.2 Å². The first-order valence-corrected chi connectivity index (χ1v) is 7.88. The summed E-state index contributed by atoms with van der Waals surface area (Å²) < 4.78 is 0. The Labute approximate surface area is 126 Å². The number of amides is 1. The first kappa shape index (κ1) is 17.1. The minimum Gasteiger partial charge on any atom is -0.388 e. The van der Waals surface area contributed by atoms with Crippen molar-refractivity contribution in [3.05, 3.63) is 29.8 Å². The van der Waals surface area contributed by atoms with Crippen molar-refractivity contribution >= 4 is 17.7 Å². The normalized spacial score (nSPS) is 14.4. The van der Waals surface area contributed by atoms with Gasteiger partial charge in [0.05, 0.1) is 11.2 Å². The summed E-state index contributed by atoms with van der Waals surface area (Å²) >= 11 is 1.67. The van der Waals surface area contributed by atoms with Gasteiger partial charge in [-0.3, -0.25) is 4.79 Å². The molecule has 3 nitrogen and oxygen atoms in total. The van der Waals surface area contributed by atoms with Gasteiger partial charge in [-0.15, -0.1) is 11.8 Å². The van der Waals surface area contributed by atoms with E-state index in [0.717, 1.165) is 4.90 Å². The van der Waals surface area contributed by atoms with E-state index in [1.807, 2.05) is 38.1 Å². The fourth-order valence-corrected chi connectivity index (χ4v) is 2.52. The molecule has 1 atom stereocenters. The summed E-state index contributed by atoms with van der Waals surface area (Å²) in [7, 11) is 0. The Morgan fingerprint density at radius 1 is 1.30 bits per heavy atom. The highest BCUT2D eigenvalue weighted by Gasteiger charge is 2.26. The molecule has 1 amide bonds. The zero-order valence-corrected chi connectivity index (χ0v) is 13.8. The van der Waals surface area contributed by atoms with Crippen LogP contribution in [0.2, 0.25) is 0 Å². The van der Waals surface area contributed by atoms with Crippen LogP contribution in [0.5, 0.6) is 0 Å². The van der Waals surface area contributed by atoms with Crippen molar-refractivity contribution in [2.75, 3.05) is 6.54 Å². The molecule has 0 aromatic heterocycles. The molecule has 0 heterocycles. The third-order valence-corrected chi connectivity index (χ3v) is 4.43. The average molecular weight is 295 g/mol. The van der Waals surface area contributed by atoms with Crippen molar-refractivity contribution in [1.29, 1.82) is 0 Å². The van der Waals surface area contributed by atoms with Crippen LogP contribution in [-0.2, 0) is 0 Å². The summed E-state index contributed by atoms with van der Waals surface area (Å²) in [6, 6.07) is 7.58. The molecule has 0 saturated heterocycles. The van der Waals surface area contributed by atoms with Gasteiger partial charge in [0.2, 0.25) is 0 Å². The highest BCUT2D eigenvalue weighted by atomic mass is 32.2. The third-order valence-electron chi connectivity index (χ3n) is 3.34. The molecule has 0 aliphatic rings. The van der Waals surface area contributed by atoms with Gasteiger partial charge in [0.15, 0.2) is 0 Å². The summed E-state index contributed by atoms with van der Waals surface area (Å²) in [5.74, 6) is -0.0437. The maximum absolute atomic E-state index is 12.3. The van der Waals surface area contributed by atoms with Crippen LogP contribution in [0.3, 0.4) is 0 Å². The SMILES string of the molecule is CC(C)Sc1ccccc1C(=O)NCC(C)(O)C(C)C. The van der Waals surface area contributed by atoms with Gasteiger partial charge in [-0.25, -0.2) is 0 Å². The second kappa shape index (κ2) is 7.14. The molecule has 20 heavy (non-hydrogen) atoms. The van der Waals surface area contributed by atoms with Crippen molar-refractivity contribution in [1.82, 2.24) is 5.32 Å². The number of carbonyl (C=O) groups excluding carboxylic acids is 1. The Kier molecular flexibility index (Phi) is 6.08. The molecule has 1 unspecified atom stereocenters. The van der Waals surface area contributed by atoms with E-state index in [-0.39, 0.29) is 18.4 Å². The number of nitrogens with one attached hydrogen (secondary N) is 1. The Hall–Kier alpha value is -1.00. The Balaban J connectivity index is 2.78. The van der Waals surface area contributed by atoms with E-state index in [1.165, 1.54) is 0 Å². The van der Waals surface area contributed by atoms with Gasteiger partial charge in [-0.2, -0.15) is 0 Å². The lowest BCUT2D eigenvalue weighted by atomic mass is 9.92. The lowest BCUT2D eigenvalue weighted by Gasteiger charge is -2.28. The summed E-state index contributed by atoms with van der Waals surface area (Å²) in [5.41, 5.74) is -0.221. The summed E-state index contributed by atoms with van der Waals surface area (Å²) in [6.07, 6.45) is 0. The molecule has 0 fully saturated rings. The zero-order chi connectivity index (χ0) is 15.3. The summed E-state index contributed by atoms with van der Waals surface area (Å²) in [5, 5.41) is 13.4. The second-order valence-electron chi connectivity index (χ2n) is 5.86. The molecule has 0 aliphatic carbocycles. The van der Waals surface area contributed by atoms with Crippen LogP contribution in [0.4, 0.5) is 0 Å². The van der Waals surface area contributed by atoms with Gasteiger partial charge >= 0.3 is 0 Å². The maximum Gasteiger partial charge on any atom is 0.252 e. The van der Waals surface area contributed by atoms with E-state index in [4.69, 9.17) is 0 Å². The molecule has 1 aromatic rings. The van der Waals surface area contributed by atoms with E-state index < -0.39 is 5.60 Å². The molecule has 0 aliphatic heterocycles. The van der Waals surface area contributed by atoms with Crippen LogP contribution in [0.25, 0.3) is 0 Å². The molecular formula is C16H25NO2S. The number of aliphatic hydroxyl groups is 1. The molecule has 2 N–H and O–H groups in total. The molecule has 4 heteroatoms. The molecule has 0 bridgehead atoms. The monoisotopic (exact) mass is 295 g/mol. The van der Waals surface area contributed by atoms with Crippen LogP contribution in [0.1, 0.15) is 45.0 Å². The van der Waals surface area contributed by atoms with Gasteiger partial charge < -0.3 is 10.4 Å². The number of benzene rings is 1. The number of thioether (sulfide) groups is 1. The minimum absolute atomic E-state index is 0.0862. The number of hydrogen-bond acceptors (Lipinski definition) is 3. The molecule has 112 valence electrons. The van der Waals surface area contributed by atoms with E-state index in [0.29, 0.717) is 10.8 Å². The first-order chi connectivity index (χ1) is 9.24. The molecule has 0 saturated carbocycles. The van der Waals surface area contributed by atoms with Crippen LogP contribution in [-0.4, -0.2) is 28.4 Å². The minimum atomic E-state index is -0.893. The highest BCUT2D eigenvalue weighted by Crippen LogP contribution is 2.26. The molecule has 1 rings (SSSR count). The number of hydrogen-bond donors (Lipinski definition) is 2. The predicted molar refractivity (Wildman–Crippen MR) is 85.2 cm³/mol. The van der Waals surface area contributed by atoms with Gasteiger partial charge in [0.1, 0.15) is 0 Å². The van der Waals surface area contributed by atoms with Crippen LogP contribution in [0, 0.1) is 5.92 Å². The maximum atomic E-state index is 12.3. The second-order valence-corrected chi connectivity index (χ2v) is 7.48. The highest BCUT2D eigenvalue weighted by molar-refractivity contribution is 8.00. The molecule has 0 spiro atoms. The largest absolute Gasteiger partial charge is 0.388 e. The van der Waals surface area contributed by atoms with Gasteiger partial charge in [-0.05, 0) is 25.0 Å². The van der Waals surface area contributed by atoms with Crippen LogP contribution >= 0.6 is 11.8 Å². The fraction of sp³-hybridized carbons (Fsp3) is 0.562. The van der Waals surface area contributed by atoms with Crippen LogP contribution < -0.4 is 5.32 Å². The van der Waals surface area contributed by atoms with E-state index >= 15 is 0 Å². The van der Waals surface area contributed by atoms with E-state index in [1.54, 1.807) is 18.7 Å². The third kappa shape index (κ3) is 4.84. The lowest BCUT2D eigenvalue weighted by Crippen LogP contribution is -2.44. The van der Waals surface area contributed by atoms with Crippen molar-refractivity contribution in [2.45, 2.75) is 50.4 Å². The van der Waals surface area contributed by atoms with Crippen molar-refractivity contribution in [3.8, 4) is 0 Å². The Morgan fingerprint density at radius 3 is 2.45 bits per heavy atom. The number of carbonyl (C=O) groups is 1. The standard InChI is InChI=1S/C16H25NO2S/c1-11(2)16(5,19)10-17-15(18)13-8-6-7-9-14(13)20-12(3)4/h6-9,11-12,19H,10H2,1-5H3,(H,17,18). The van der Waals surface area contributed by atoms with Crippen molar-refractivity contribution in [2.24, 2.45) is 5.92 Å². The number of rotatable bonds is 6. The average Bonchev–Trinajstić information content (AvgIpc) is 2.36. The smallest absolute Gasteiger partial charge is 0.252 e. The Morgan fingerprint density at radius 2 is 1.90 bits per heavy atom. The lowest BCUT2D eigenvalue weighted by molar-refractivity contribution is 0.0142.